The number of carbonyl (C=O) groups is 2. The normalized spacial score (nSPS) is 19.4. The van der Waals surface area contributed by atoms with Crippen molar-refractivity contribution in [3.8, 4) is 11.3 Å². The highest BCUT2D eigenvalue weighted by molar-refractivity contribution is 9.10. The van der Waals surface area contributed by atoms with Crippen molar-refractivity contribution < 1.29 is 14.0 Å². The topological polar surface area (TPSA) is 75.4 Å². The van der Waals surface area contributed by atoms with E-state index in [0.29, 0.717) is 17.2 Å². The van der Waals surface area contributed by atoms with E-state index in [9.17, 15) is 9.59 Å². The van der Waals surface area contributed by atoms with Gasteiger partial charge in [0.1, 0.15) is 12.1 Å². The van der Waals surface area contributed by atoms with Gasteiger partial charge in [-0.05, 0) is 13.0 Å². The van der Waals surface area contributed by atoms with E-state index in [0.717, 1.165) is 14.9 Å². The molecular formula is C20H16BrN3O3. The van der Waals surface area contributed by atoms with Crippen LogP contribution < -0.4 is 5.32 Å². The molecule has 0 bridgehead atoms. The lowest BCUT2D eigenvalue weighted by molar-refractivity contribution is -0.131. The average molecular weight is 426 g/mol. The van der Waals surface area contributed by atoms with E-state index in [-0.39, 0.29) is 12.5 Å². The van der Waals surface area contributed by atoms with Crippen LogP contribution in [0.5, 0.6) is 0 Å². The van der Waals surface area contributed by atoms with Gasteiger partial charge in [-0.15, -0.1) is 0 Å². The van der Waals surface area contributed by atoms with Gasteiger partial charge in [0, 0.05) is 15.6 Å². The zero-order valence-electron chi connectivity index (χ0n) is 14.5. The number of carbonyl (C=O) groups excluding carboxylic acids is 2. The van der Waals surface area contributed by atoms with Gasteiger partial charge in [0.15, 0.2) is 5.76 Å². The summed E-state index contributed by atoms with van der Waals surface area (Å²) in [5.74, 6) is 0.541. The second kappa shape index (κ2) is 6.66. The third-order valence-electron chi connectivity index (χ3n) is 4.59. The minimum absolute atomic E-state index is 0.0302. The van der Waals surface area contributed by atoms with Crippen LogP contribution in [-0.4, -0.2) is 21.8 Å². The lowest BCUT2D eigenvalue weighted by Gasteiger charge is -2.23. The molecule has 0 aliphatic carbocycles. The van der Waals surface area contributed by atoms with Crippen LogP contribution in [0.3, 0.4) is 0 Å². The van der Waals surface area contributed by atoms with Crippen LogP contribution in [0.2, 0.25) is 0 Å². The van der Waals surface area contributed by atoms with Crippen molar-refractivity contribution in [3.05, 3.63) is 76.7 Å². The average Bonchev–Trinajstić information content (AvgIpc) is 3.22. The Morgan fingerprint density at radius 1 is 1.11 bits per heavy atom. The fourth-order valence-corrected chi connectivity index (χ4v) is 3.83. The summed E-state index contributed by atoms with van der Waals surface area (Å²) in [4.78, 5) is 30.8. The van der Waals surface area contributed by atoms with Crippen LogP contribution in [0.15, 0.2) is 69.7 Å². The van der Waals surface area contributed by atoms with Gasteiger partial charge in [0.05, 0.1) is 6.20 Å². The standard InChI is InChI=1S/C20H16BrN3O3/c1-20(14-9-5-6-10-15(14)21)18(25)24(19(26)23-20)12-17-22-11-16(27-17)13-7-3-2-4-8-13/h2-11H,12H2,1H3,(H,23,26). The number of nitrogens with one attached hydrogen (secondary N) is 1. The van der Waals surface area contributed by atoms with Crippen LogP contribution in [0.25, 0.3) is 11.3 Å². The first-order valence-electron chi connectivity index (χ1n) is 8.38. The zero-order chi connectivity index (χ0) is 19.0. The number of aromatic nitrogens is 1. The van der Waals surface area contributed by atoms with Gasteiger partial charge in [-0.2, -0.15) is 0 Å². The molecule has 0 saturated carbocycles. The summed E-state index contributed by atoms with van der Waals surface area (Å²) in [5, 5.41) is 2.78. The van der Waals surface area contributed by atoms with E-state index in [1.807, 2.05) is 54.6 Å². The number of amides is 3. The van der Waals surface area contributed by atoms with E-state index >= 15 is 0 Å². The predicted octanol–water partition coefficient (Wildman–Crippen LogP) is 4.07. The second-order valence-electron chi connectivity index (χ2n) is 6.41. The number of halogens is 1. The Kier molecular flexibility index (Phi) is 4.31. The molecule has 0 spiro atoms. The van der Waals surface area contributed by atoms with Crippen LogP contribution >= 0.6 is 15.9 Å². The van der Waals surface area contributed by atoms with Crippen LogP contribution in [-0.2, 0) is 16.9 Å². The Labute approximate surface area is 164 Å². The summed E-state index contributed by atoms with van der Waals surface area (Å²) in [6.07, 6.45) is 1.59. The molecule has 27 heavy (non-hydrogen) atoms. The molecule has 1 N–H and O–H groups in total. The maximum absolute atomic E-state index is 13.0. The van der Waals surface area contributed by atoms with Crippen LogP contribution in [0.1, 0.15) is 18.4 Å². The Morgan fingerprint density at radius 2 is 1.81 bits per heavy atom. The first-order chi connectivity index (χ1) is 13.0. The molecule has 4 rings (SSSR count). The summed E-state index contributed by atoms with van der Waals surface area (Å²) in [7, 11) is 0. The maximum Gasteiger partial charge on any atom is 0.325 e. The number of benzene rings is 2. The molecule has 1 atom stereocenters. The fourth-order valence-electron chi connectivity index (χ4n) is 3.14. The number of hydrogen-bond donors (Lipinski definition) is 1. The highest BCUT2D eigenvalue weighted by Gasteiger charge is 2.50. The number of rotatable bonds is 4. The van der Waals surface area contributed by atoms with E-state index in [2.05, 4.69) is 26.2 Å². The second-order valence-corrected chi connectivity index (χ2v) is 7.26. The summed E-state index contributed by atoms with van der Waals surface area (Å²) in [6, 6.07) is 16.4. The highest BCUT2D eigenvalue weighted by atomic mass is 79.9. The largest absolute Gasteiger partial charge is 0.439 e. The molecule has 1 saturated heterocycles. The van der Waals surface area contributed by atoms with E-state index in [1.54, 1.807) is 13.1 Å². The molecule has 1 aliphatic rings. The molecule has 2 heterocycles. The molecule has 2 aromatic carbocycles. The van der Waals surface area contributed by atoms with Crippen molar-refractivity contribution in [3.63, 3.8) is 0 Å². The van der Waals surface area contributed by atoms with E-state index in [1.165, 1.54) is 0 Å². The van der Waals surface area contributed by atoms with Crippen molar-refractivity contribution >= 4 is 27.9 Å². The zero-order valence-corrected chi connectivity index (χ0v) is 16.1. The fraction of sp³-hybridized carbons (Fsp3) is 0.150. The van der Waals surface area contributed by atoms with Gasteiger partial charge in [-0.25, -0.2) is 9.78 Å². The number of hydrogen-bond acceptors (Lipinski definition) is 4. The molecule has 1 unspecified atom stereocenters. The monoisotopic (exact) mass is 425 g/mol. The molecule has 3 aromatic rings. The van der Waals surface area contributed by atoms with Crippen molar-refractivity contribution in [2.75, 3.05) is 0 Å². The SMILES string of the molecule is CC1(c2ccccc2Br)NC(=O)N(Cc2ncc(-c3ccccc3)o2)C1=O. The Hall–Kier alpha value is -2.93. The summed E-state index contributed by atoms with van der Waals surface area (Å²) < 4.78 is 6.49. The van der Waals surface area contributed by atoms with Crippen LogP contribution in [0, 0.1) is 0 Å². The Balaban J connectivity index is 1.59. The molecule has 1 aliphatic heterocycles. The number of urea groups is 1. The number of imide groups is 1. The molecular weight excluding hydrogens is 410 g/mol. The first kappa shape index (κ1) is 17.5. The van der Waals surface area contributed by atoms with Gasteiger partial charge < -0.3 is 9.73 Å². The van der Waals surface area contributed by atoms with E-state index in [4.69, 9.17) is 4.42 Å². The maximum atomic E-state index is 13.0. The minimum atomic E-state index is -1.15. The molecule has 1 fully saturated rings. The molecule has 136 valence electrons. The smallest absolute Gasteiger partial charge is 0.325 e. The molecule has 6 nitrogen and oxygen atoms in total. The van der Waals surface area contributed by atoms with Gasteiger partial charge in [0.2, 0.25) is 5.89 Å². The minimum Gasteiger partial charge on any atom is -0.439 e. The van der Waals surface area contributed by atoms with Gasteiger partial charge in [-0.3, -0.25) is 9.69 Å². The number of oxazole rings is 1. The summed E-state index contributed by atoms with van der Waals surface area (Å²) >= 11 is 3.45. The van der Waals surface area contributed by atoms with Crippen molar-refractivity contribution in [2.24, 2.45) is 0 Å². The van der Waals surface area contributed by atoms with Gasteiger partial charge >= 0.3 is 6.03 Å². The summed E-state index contributed by atoms with van der Waals surface area (Å²) in [6.45, 7) is 1.66. The third-order valence-corrected chi connectivity index (χ3v) is 5.28. The number of nitrogens with zero attached hydrogens (tertiary/aromatic N) is 2. The van der Waals surface area contributed by atoms with Crippen molar-refractivity contribution in [1.29, 1.82) is 0 Å². The lowest BCUT2D eigenvalue weighted by atomic mass is 9.92. The highest BCUT2D eigenvalue weighted by Crippen LogP contribution is 2.34. The summed E-state index contributed by atoms with van der Waals surface area (Å²) in [5.41, 5.74) is 0.432. The first-order valence-corrected chi connectivity index (χ1v) is 9.17. The van der Waals surface area contributed by atoms with Crippen LogP contribution in [0.4, 0.5) is 4.79 Å². The Bertz CT molecular complexity index is 1020. The molecule has 1 aromatic heterocycles. The van der Waals surface area contributed by atoms with E-state index < -0.39 is 11.6 Å². The lowest BCUT2D eigenvalue weighted by Crippen LogP contribution is -2.41. The molecule has 3 amide bonds. The third kappa shape index (κ3) is 3.04. The molecule has 7 heteroatoms. The van der Waals surface area contributed by atoms with Gasteiger partial charge in [0.25, 0.3) is 5.91 Å². The quantitative estimate of drug-likeness (QED) is 0.639. The Morgan fingerprint density at radius 3 is 2.56 bits per heavy atom. The van der Waals surface area contributed by atoms with Crippen molar-refractivity contribution in [2.45, 2.75) is 19.0 Å². The molecule has 0 radical (unpaired) electrons. The van der Waals surface area contributed by atoms with Crippen molar-refractivity contribution in [1.82, 2.24) is 15.2 Å². The van der Waals surface area contributed by atoms with Gasteiger partial charge in [-0.1, -0.05) is 64.5 Å². The predicted molar refractivity (Wildman–Crippen MR) is 103 cm³/mol.